The van der Waals surface area contributed by atoms with Gasteiger partial charge in [0.05, 0.1) is 12.6 Å². The summed E-state index contributed by atoms with van der Waals surface area (Å²) in [6.07, 6.45) is 1.24. The number of methoxy groups -OCH3 is 1. The zero-order valence-electron chi connectivity index (χ0n) is 17.3. The molecule has 164 valence electrons. The smallest absolute Gasteiger partial charge is 0.262 e. The molecule has 0 unspecified atom stereocenters. The van der Waals surface area contributed by atoms with Crippen LogP contribution in [0.1, 0.15) is 29.6 Å². The van der Waals surface area contributed by atoms with Gasteiger partial charge in [0.15, 0.2) is 0 Å². The van der Waals surface area contributed by atoms with Gasteiger partial charge >= 0.3 is 0 Å². The number of ether oxygens (including phenoxy) is 1. The van der Waals surface area contributed by atoms with Crippen LogP contribution in [0.3, 0.4) is 0 Å². The Labute approximate surface area is 175 Å². The standard InChI is InChI=1S/C22H29F2N3O3/c1-30-14-16-7-9-25(10-8-16)21(29)19-11-22(23,24)15-27(19)18-12-26(13-18)20(28)17-5-3-2-4-6-17/h2-6,16,18-19H,7-15H2,1H3/t19-/m0/s1. The molecular formula is C22H29F2N3O3. The average molecular weight is 421 g/mol. The average Bonchev–Trinajstić information content (AvgIpc) is 3.03. The second-order valence-corrected chi connectivity index (χ2v) is 8.70. The predicted molar refractivity (Wildman–Crippen MR) is 107 cm³/mol. The highest BCUT2D eigenvalue weighted by Crippen LogP contribution is 2.37. The molecule has 3 fully saturated rings. The SMILES string of the molecule is COCC1CCN(C(=O)[C@@H]2CC(F)(F)CN2C2CN(C(=O)c3ccccc3)C2)CC1. The van der Waals surface area contributed by atoms with Gasteiger partial charge in [-0.1, -0.05) is 18.2 Å². The number of likely N-dealkylation sites (tertiary alicyclic amines) is 3. The van der Waals surface area contributed by atoms with Crippen LogP contribution in [-0.2, 0) is 9.53 Å². The monoisotopic (exact) mass is 421 g/mol. The van der Waals surface area contributed by atoms with Crippen molar-refractivity contribution in [2.24, 2.45) is 5.92 Å². The normalized spacial score (nSPS) is 25.4. The number of carbonyl (C=O) groups excluding carboxylic acids is 2. The summed E-state index contributed by atoms with van der Waals surface area (Å²) in [4.78, 5) is 30.7. The molecule has 1 aromatic rings. The second-order valence-electron chi connectivity index (χ2n) is 8.70. The van der Waals surface area contributed by atoms with Crippen LogP contribution in [0, 0.1) is 5.92 Å². The van der Waals surface area contributed by atoms with Crippen molar-refractivity contribution in [3.05, 3.63) is 35.9 Å². The number of hydrogen-bond acceptors (Lipinski definition) is 4. The summed E-state index contributed by atoms with van der Waals surface area (Å²) in [6, 6.07) is 7.93. The third-order valence-corrected chi connectivity index (χ3v) is 6.56. The van der Waals surface area contributed by atoms with Crippen LogP contribution in [-0.4, -0.2) is 91.0 Å². The van der Waals surface area contributed by atoms with E-state index in [0.717, 1.165) is 12.8 Å². The van der Waals surface area contributed by atoms with Gasteiger partial charge in [0.1, 0.15) is 0 Å². The molecule has 4 rings (SSSR count). The molecule has 0 N–H and O–H groups in total. The summed E-state index contributed by atoms with van der Waals surface area (Å²) in [5.41, 5.74) is 0.592. The minimum Gasteiger partial charge on any atom is -0.384 e. The number of nitrogens with zero attached hydrogens (tertiary/aromatic N) is 3. The van der Waals surface area contributed by atoms with Crippen LogP contribution in [0.15, 0.2) is 30.3 Å². The van der Waals surface area contributed by atoms with E-state index >= 15 is 0 Å². The van der Waals surface area contributed by atoms with Gasteiger partial charge in [0.2, 0.25) is 5.91 Å². The Kier molecular flexibility index (Phi) is 6.06. The zero-order chi connectivity index (χ0) is 21.3. The Bertz CT molecular complexity index is 762. The molecule has 1 aromatic carbocycles. The number of piperidine rings is 1. The third kappa shape index (κ3) is 4.34. The summed E-state index contributed by atoms with van der Waals surface area (Å²) >= 11 is 0. The van der Waals surface area contributed by atoms with Crippen LogP contribution in [0.4, 0.5) is 8.78 Å². The first-order valence-corrected chi connectivity index (χ1v) is 10.6. The molecule has 30 heavy (non-hydrogen) atoms. The van der Waals surface area contributed by atoms with Gasteiger partial charge in [-0.05, 0) is 30.9 Å². The first-order valence-electron chi connectivity index (χ1n) is 10.6. The van der Waals surface area contributed by atoms with Crippen LogP contribution in [0.2, 0.25) is 0 Å². The lowest BCUT2D eigenvalue weighted by Gasteiger charge is -2.46. The van der Waals surface area contributed by atoms with E-state index < -0.39 is 24.9 Å². The van der Waals surface area contributed by atoms with Crippen LogP contribution in [0.5, 0.6) is 0 Å². The number of rotatable bonds is 5. The number of hydrogen-bond donors (Lipinski definition) is 0. The van der Waals surface area contributed by atoms with Gasteiger partial charge < -0.3 is 14.5 Å². The Morgan fingerprint density at radius 1 is 1.10 bits per heavy atom. The summed E-state index contributed by atoms with van der Waals surface area (Å²) in [5, 5.41) is 0. The molecule has 3 saturated heterocycles. The zero-order valence-corrected chi connectivity index (χ0v) is 17.3. The maximum Gasteiger partial charge on any atom is 0.262 e. The van der Waals surface area contributed by atoms with Crippen molar-refractivity contribution < 1.29 is 23.1 Å². The highest BCUT2D eigenvalue weighted by molar-refractivity contribution is 5.94. The van der Waals surface area contributed by atoms with E-state index in [1.165, 1.54) is 0 Å². The fourth-order valence-electron chi connectivity index (χ4n) is 4.82. The van der Waals surface area contributed by atoms with Gasteiger partial charge in [0, 0.05) is 57.9 Å². The summed E-state index contributed by atoms with van der Waals surface area (Å²) in [7, 11) is 1.67. The summed E-state index contributed by atoms with van der Waals surface area (Å²) < 4.78 is 33.7. The molecule has 2 amide bonds. The Morgan fingerprint density at radius 3 is 2.40 bits per heavy atom. The second kappa shape index (κ2) is 8.59. The van der Waals surface area contributed by atoms with Gasteiger partial charge in [-0.15, -0.1) is 0 Å². The fraction of sp³-hybridized carbons (Fsp3) is 0.636. The van der Waals surface area contributed by atoms with Gasteiger partial charge in [0.25, 0.3) is 11.8 Å². The van der Waals surface area contributed by atoms with Crippen molar-refractivity contribution in [2.75, 3.05) is 46.4 Å². The highest BCUT2D eigenvalue weighted by Gasteiger charge is 2.53. The maximum atomic E-state index is 14.3. The minimum absolute atomic E-state index is 0.0964. The van der Waals surface area contributed by atoms with E-state index in [-0.39, 0.29) is 17.9 Å². The molecule has 1 atom stereocenters. The molecule has 3 aliphatic rings. The molecule has 0 aliphatic carbocycles. The predicted octanol–water partition coefficient (Wildman–Crippen LogP) is 2.11. The van der Waals surface area contributed by atoms with E-state index in [2.05, 4.69) is 0 Å². The number of alkyl halides is 2. The van der Waals surface area contributed by atoms with Crippen molar-refractivity contribution in [3.63, 3.8) is 0 Å². The minimum atomic E-state index is -2.88. The van der Waals surface area contributed by atoms with Crippen LogP contribution >= 0.6 is 0 Å². The van der Waals surface area contributed by atoms with Crippen LogP contribution in [0.25, 0.3) is 0 Å². The van der Waals surface area contributed by atoms with E-state index in [1.807, 2.05) is 6.07 Å². The quantitative estimate of drug-likeness (QED) is 0.731. The number of carbonyl (C=O) groups is 2. The molecule has 3 heterocycles. The molecule has 0 aromatic heterocycles. The van der Waals surface area contributed by atoms with Gasteiger partial charge in [-0.2, -0.15) is 0 Å². The first-order chi connectivity index (χ1) is 14.4. The number of amides is 2. The topological polar surface area (TPSA) is 53.1 Å². The Hall–Kier alpha value is -2.06. The molecule has 0 bridgehead atoms. The summed E-state index contributed by atoms with van der Waals surface area (Å²) in [6.45, 7) is 2.19. The van der Waals surface area contributed by atoms with E-state index in [4.69, 9.17) is 4.74 Å². The Balaban J connectivity index is 1.37. The van der Waals surface area contributed by atoms with E-state index in [9.17, 15) is 18.4 Å². The molecule has 8 heteroatoms. The molecule has 6 nitrogen and oxygen atoms in total. The molecular weight excluding hydrogens is 392 g/mol. The van der Waals surface area contributed by atoms with Crippen molar-refractivity contribution in [3.8, 4) is 0 Å². The lowest BCUT2D eigenvalue weighted by molar-refractivity contribution is -0.139. The van der Waals surface area contributed by atoms with Gasteiger partial charge in [-0.3, -0.25) is 14.5 Å². The van der Waals surface area contributed by atoms with Gasteiger partial charge in [-0.25, -0.2) is 8.78 Å². The number of halogens is 2. The van der Waals surface area contributed by atoms with Crippen molar-refractivity contribution in [1.82, 2.24) is 14.7 Å². The van der Waals surface area contributed by atoms with Crippen molar-refractivity contribution >= 4 is 11.8 Å². The summed E-state index contributed by atoms with van der Waals surface area (Å²) in [5.74, 6) is -2.75. The van der Waals surface area contributed by atoms with Crippen molar-refractivity contribution in [2.45, 2.75) is 37.3 Å². The largest absolute Gasteiger partial charge is 0.384 e. The lowest BCUT2D eigenvalue weighted by atomic mass is 9.96. The fourth-order valence-corrected chi connectivity index (χ4v) is 4.82. The molecule has 3 aliphatic heterocycles. The molecule has 0 saturated carbocycles. The molecule has 0 spiro atoms. The van der Waals surface area contributed by atoms with E-state index in [1.54, 1.807) is 46.1 Å². The first kappa shape index (κ1) is 21.2. The Morgan fingerprint density at radius 2 is 1.77 bits per heavy atom. The number of benzene rings is 1. The molecule has 0 radical (unpaired) electrons. The highest BCUT2D eigenvalue weighted by atomic mass is 19.3. The van der Waals surface area contributed by atoms with E-state index in [0.29, 0.717) is 44.3 Å². The van der Waals surface area contributed by atoms with Crippen LogP contribution < -0.4 is 0 Å². The lowest BCUT2D eigenvalue weighted by Crippen LogP contribution is -2.64. The maximum absolute atomic E-state index is 14.3. The third-order valence-electron chi connectivity index (χ3n) is 6.56. The van der Waals surface area contributed by atoms with Crippen molar-refractivity contribution in [1.29, 1.82) is 0 Å².